The van der Waals surface area contributed by atoms with Gasteiger partial charge in [0.25, 0.3) is 0 Å². The van der Waals surface area contributed by atoms with E-state index in [1.54, 1.807) is 0 Å². The zero-order valence-corrected chi connectivity index (χ0v) is 12.2. The van der Waals surface area contributed by atoms with Gasteiger partial charge < -0.3 is 9.80 Å². The molecule has 3 heteroatoms. The number of allylic oxidation sites excluding steroid dienone is 1. The number of aromatic nitrogens is 1. The van der Waals surface area contributed by atoms with Crippen molar-refractivity contribution in [2.75, 3.05) is 38.1 Å². The largest absolute Gasteiger partial charge is 0.354 e. The first kappa shape index (κ1) is 12.7. The lowest BCUT2D eigenvalue weighted by molar-refractivity contribution is 0.312. The number of fused-ring (bicyclic) bond motifs is 1. The van der Waals surface area contributed by atoms with Gasteiger partial charge in [-0.2, -0.15) is 0 Å². The molecule has 1 saturated heterocycles. The van der Waals surface area contributed by atoms with Gasteiger partial charge in [-0.05, 0) is 37.9 Å². The number of hydrogen-bond acceptors (Lipinski definition) is 3. The fraction of sp³-hybridized carbons (Fsp3) is 0.562. The van der Waals surface area contributed by atoms with Gasteiger partial charge in [-0.15, -0.1) is 0 Å². The second kappa shape index (κ2) is 4.97. The second-order valence-corrected chi connectivity index (χ2v) is 5.65. The zero-order chi connectivity index (χ0) is 13.4. The molecular weight excluding hydrogens is 234 g/mol. The monoisotopic (exact) mass is 257 g/mol. The standard InChI is InChI=1S/C16H23N3/c1-4-15-12(2)13-6-5-7-14(13)16(17-15)19-10-8-18(3)9-11-19/h5-6H,4,7-11H2,1-3H3. The van der Waals surface area contributed by atoms with E-state index in [0.29, 0.717) is 0 Å². The van der Waals surface area contributed by atoms with E-state index in [0.717, 1.165) is 39.0 Å². The van der Waals surface area contributed by atoms with Gasteiger partial charge in [0.2, 0.25) is 0 Å². The van der Waals surface area contributed by atoms with Gasteiger partial charge in [0.1, 0.15) is 5.82 Å². The first-order valence-corrected chi connectivity index (χ1v) is 7.33. The summed E-state index contributed by atoms with van der Waals surface area (Å²) in [6.45, 7) is 8.89. The number of rotatable bonds is 2. The summed E-state index contributed by atoms with van der Waals surface area (Å²) in [6.07, 6.45) is 6.63. The summed E-state index contributed by atoms with van der Waals surface area (Å²) in [4.78, 5) is 9.85. The highest BCUT2D eigenvalue weighted by Gasteiger charge is 2.23. The molecule has 3 rings (SSSR count). The van der Waals surface area contributed by atoms with Crippen LogP contribution >= 0.6 is 0 Å². The van der Waals surface area contributed by atoms with Crippen LogP contribution < -0.4 is 4.90 Å². The molecule has 2 heterocycles. The highest BCUT2D eigenvalue weighted by atomic mass is 15.3. The van der Waals surface area contributed by atoms with Crippen molar-refractivity contribution in [1.29, 1.82) is 0 Å². The van der Waals surface area contributed by atoms with Crippen LogP contribution in [0.5, 0.6) is 0 Å². The minimum atomic E-state index is 1.02. The summed E-state index contributed by atoms with van der Waals surface area (Å²) in [6, 6.07) is 0. The van der Waals surface area contributed by atoms with Gasteiger partial charge in [0.15, 0.2) is 0 Å². The first-order chi connectivity index (χ1) is 9.20. The molecule has 1 fully saturated rings. The first-order valence-electron chi connectivity index (χ1n) is 7.33. The van der Waals surface area contributed by atoms with E-state index >= 15 is 0 Å². The number of likely N-dealkylation sites (N-methyl/N-ethyl adjacent to an activating group) is 1. The van der Waals surface area contributed by atoms with Gasteiger partial charge in [-0.25, -0.2) is 4.98 Å². The number of hydrogen-bond donors (Lipinski definition) is 0. The Morgan fingerprint density at radius 3 is 2.63 bits per heavy atom. The van der Waals surface area contributed by atoms with Crippen molar-refractivity contribution in [1.82, 2.24) is 9.88 Å². The van der Waals surface area contributed by atoms with Gasteiger partial charge in [-0.1, -0.05) is 19.1 Å². The lowest BCUT2D eigenvalue weighted by Gasteiger charge is -2.34. The van der Waals surface area contributed by atoms with Crippen LogP contribution in [-0.4, -0.2) is 43.1 Å². The van der Waals surface area contributed by atoms with E-state index in [2.05, 4.69) is 42.8 Å². The molecule has 0 aromatic carbocycles. The minimum absolute atomic E-state index is 1.02. The fourth-order valence-electron chi connectivity index (χ4n) is 3.13. The molecule has 0 radical (unpaired) electrons. The predicted molar refractivity (Wildman–Crippen MR) is 80.8 cm³/mol. The van der Waals surface area contributed by atoms with Crippen LogP contribution in [0.2, 0.25) is 0 Å². The third-order valence-electron chi connectivity index (χ3n) is 4.42. The van der Waals surface area contributed by atoms with Crippen LogP contribution in [0.15, 0.2) is 6.08 Å². The molecule has 0 saturated carbocycles. The maximum Gasteiger partial charge on any atom is 0.133 e. The summed E-state index contributed by atoms with van der Waals surface area (Å²) in [7, 11) is 2.20. The highest BCUT2D eigenvalue weighted by molar-refractivity contribution is 5.71. The van der Waals surface area contributed by atoms with Crippen molar-refractivity contribution in [2.24, 2.45) is 0 Å². The Bertz CT molecular complexity index is 511. The molecule has 0 spiro atoms. The normalized spacial score (nSPS) is 19.0. The molecule has 2 aliphatic rings. The van der Waals surface area contributed by atoms with E-state index in [1.165, 1.54) is 28.2 Å². The molecule has 1 aliphatic heterocycles. The zero-order valence-electron chi connectivity index (χ0n) is 12.2. The second-order valence-electron chi connectivity index (χ2n) is 5.65. The molecule has 0 bridgehead atoms. The SMILES string of the molecule is CCc1nc(N2CCN(C)CC2)c2c(c1C)C=CC2. The number of pyridine rings is 1. The maximum atomic E-state index is 4.98. The molecule has 0 atom stereocenters. The number of piperazine rings is 1. The maximum absolute atomic E-state index is 4.98. The molecule has 0 amide bonds. The van der Waals surface area contributed by atoms with Gasteiger partial charge in [-0.3, -0.25) is 0 Å². The molecule has 0 unspecified atom stereocenters. The van der Waals surface area contributed by atoms with E-state index in [4.69, 9.17) is 4.98 Å². The Kier molecular flexibility index (Phi) is 3.31. The van der Waals surface area contributed by atoms with E-state index < -0.39 is 0 Å². The van der Waals surface area contributed by atoms with Gasteiger partial charge in [0.05, 0.1) is 0 Å². The third-order valence-corrected chi connectivity index (χ3v) is 4.42. The highest BCUT2D eigenvalue weighted by Crippen LogP contribution is 2.32. The Hall–Kier alpha value is -1.35. The summed E-state index contributed by atoms with van der Waals surface area (Å²) in [5.74, 6) is 1.25. The van der Waals surface area contributed by atoms with Crippen molar-refractivity contribution >= 4 is 11.9 Å². The number of aryl methyl sites for hydroxylation is 1. The van der Waals surface area contributed by atoms with Gasteiger partial charge in [0, 0.05) is 37.4 Å². The molecular formula is C16H23N3. The number of anilines is 1. The van der Waals surface area contributed by atoms with Crippen molar-refractivity contribution < 1.29 is 0 Å². The van der Waals surface area contributed by atoms with E-state index in [9.17, 15) is 0 Å². The summed E-state index contributed by atoms with van der Waals surface area (Å²) in [5.41, 5.74) is 5.52. The quantitative estimate of drug-likeness (QED) is 0.810. The number of nitrogens with zero attached hydrogens (tertiary/aromatic N) is 3. The molecule has 3 nitrogen and oxygen atoms in total. The average Bonchev–Trinajstić information content (AvgIpc) is 2.90. The van der Waals surface area contributed by atoms with Crippen LogP contribution in [-0.2, 0) is 12.8 Å². The summed E-state index contributed by atoms with van der Waals surface area (Å²) in [5, 5.41) is 0. The van der Waals surface area contributed by atoms with Crippen molar-refractivity contribution in [3.8, 4) is 0 Å². The van der Waals surface area contributed by atoms with E-state index in [-0.39, 0.29) is 0 Å². The molecule has 0 N–H and O–H groups in total. The minimum Gasteiger partial charge on any atom is -0.354 e. The Labute approximate surface area is 115 Å². The Morgan fingerprint density at radius 2 is 1.95 bits per heavy atom. The molecule has 102 valence electrons. The van der Waals surface area contributed by atoms with Crippen molar-refractivity contribution in [3.05, 3.63) is 28.5 Å². The predicted octanol–water partition coefficient (Wildman–Crippen LogP) is 2.27. The third kappa shape index (κ3) is 2.16. The molecule has 1 aliphatic carbocycles. The van der Waals surface area contributed by atoms with E-state index in [1.807, 2.05) is 0 Å². The van der Waals surface area contributed by atoms with Crippen LogP contribution in [0.1, 0.15) is 29.3 Å². The lowest BCUT2D eigenvalue weighted by Crippen LogP contribution is -2.45. The van der Waals surface area contributed by atoms with Crippen LogP contribution in [0.3, 0.4) is 0 Å². The Balaban J connectivity index is 2.00. The molecule has 1 aromatic heterocycles. The van der Waals surface area contributed by atoms with Crippen LogP contribution in [0, 0.1) is 6.92 Å². The van der Waals surface area contributed by atoms with Crippen molar-refractivity contribution in [2.45, 2.75) is 26.7 Å². The molecule has 1 aromatic rings. The summed E-state index contributed by atoms with van der Waals surface area (Å²) < 4.78 is 0. The fourth-order valence-corrected chi connectivity index (χ4v) is 3.13. The summed E-state index contributed by atoms with van der Waals surface area (Å²) >= 11 is 0. The smallest absolute Gasteiger partial charge is 0.133 e. The topological polar surface area (TPSA) is 19.4 Å². The molecule has 19 heavy (non-hydrogen) atoms. The van der Waals surface area contributed by atoms with Gasteiger partial charge >= 0.3 is 0 Å². The van der Waals surface area contributed by atoms with Crippen molar-refractivity contribution in [3.63, 3.8) is 0 Å². The lowest BCUT2D eigenvalue weighted by atomic mass is 10.0. The average molecular weight is 257 g/mol. The van der Waals surface area contributed by atoms with Crippen LogP contribution in [0.25, 0.3) is 6.08 Å². The van der Waals surface area contributed by atoms with Crippen LogP contribution in [0.4, 0.5) is 5.82 Å². The Morgan fingerprint density at radius 1 is 1.21 bits per heavy atom.